The Morgan fingerprint density at radius 2 is 2.36 bits per heavy atom. The van der Waals surface area contributed by atoms with Crippen LogP contribution in [0, 0.1) is 0 Å². The first-order chi connectivity index (χ1) is 6.51. The van der Waals surface area contributed by atoms with Gasteiger partial charge in [0.15, 0.2) is 0 Å². The Morgan fingerprint density at radius 3 is 2.86 bits per heavy atom. The molecule has 0 atom stereocenters. The Balaban J connectivity index is 2.93. The Kier molecular flexibility index (Phi) is 2.85. The summed E-state index contributed by atoms with van der Waals surface area (Å²) in [7, 11) is 1.29. The fourth-order valence-corrected chi connectivity index (χ4v) is 0.833. The molecule has 0 saturated heterocycles. The molecule has 1 heterocycles. The molecule has 0 radical (unpaired) electrons. The molecule has 0 amide bonds. The molecular weight excluding hydrogens is 184 g/mol. The van der Waals surface area contributed by atoms with Crippen molar-refractivity contribution < 1.29 is 9.53 Å². The Morgan fingerprint density at radius 1 is 1.71 bits per heavy atom. The zero-order valence-electron chi connectivity index (χ0n) is 8.52. The Labute approximate surface area is 82.1 Å². The van der Waals surface area contributed by atoms with Crippen LogP contribution in [0.2, 0.25) is 0 Å². The third kappa shape index (κ3) is 1.90. The molecule has 0 fully saturated rings. The molecule has 2 N–H and O–H groups in total. The maximum absolute atomic E-state index is 11.1. The molecule has 0 bridgehead atoms. The first-order valence-corrected chi connectivity index (χ1v) is 4.22. The predicted molar refractivity (Wildman–Crippen MR) is 49.7 cm³/mol. The molecule has 0 aromatic carbocycles. The molecule has 78 valence electrons. The second-order valence-electron chi connectivity index (χ2n) is 3.52. The second kappa shape index (κ2) is 3.75. The lowest BCUT2D eigenvalue weighted by molar-refractivity contribution is 0.0585. The Hall–Kier alpha value is -1.43. The van der Waals surface area contributed by atoms with E-state index in [-0.39, 0.29) is 11.4 Å². The van der Waals surface area contributed by atoms with Crippen LogP contribution in [0.5, 0.6) is 0 Å². The normalized spacial score (nSPS) is 11.4. The van der Waals surface area contributed by atoms with Crippen molar-refractivity contribution in [3.05, 3.63) is 12.2 Å². The number of esters is 1. The van der Waals surface area contributed by atoms with Crippen LogP contribution < -0.4 is 5.73 Å². The zero-order valence-corrected chi connectivity index (χ0v) is 8.52. The van der Waals surface area contributed by atoms with Gasteiger partial charge in [0.25, 0.3) is 5.82 Å². The molecule has 0 unspecified atom stereocenters. The van der Waals surface area contributed by atoms with Crippen LogP contribution >= 0.6 is 0 Å². The SMILES string of the molecule is COC(=O)c1ncn(C(C)(C)CN)n1. The van der Waals surface area contributed by atoms with E-state index in [1.54, 1.807) is 4.68 Å². The summed E-state index contributed by atoms with van der Waals surface area (Å²) in [6.45, 7) is 4.22. The highest BCUT2D eigenvalue weighted by molar-refractivity contribution is 5.84. The van der Waals surface area contributed by atoms with Crippen molar-refractivity contribution in [2.45, 2.75) is 19.4 Å². The summed E-state index contributed by atoms with van der Waals surface area (Å²) < 4.78 is 6.04. The summed E-state index contributed by atoms with van der Waals surface area (Å²) in [6.07, 6.45) is 1.47. The average Bonchev–Trinajstić information content (AvgIpc) is 2.66. The molecule has 1 aromatic rings. The second-order valence-corrected chi connectivity index (χ2v) is 3.52. The quantitative estimate of drug-likeness (QED) is 0.677. The average molecular weight is 198 g/mol. The van der Waals surface area contributed by atoms with Crippen molar-refractivity contribution in [3.63, 3.8) is 0 Å². The first kappa shape index (κ1) is 10.6. The number of nitrogens with two attached hydrogens (primary N) is 1. The van der Waals surface area contributed by atoms with E-state index in [1.807, 2.05) is 13.8 Å². The van der Waals surface area contributed by atoms with Crippen LogP contribution in [-0.2, 0) is 10.3 Å². The summed E-state index contributed by atoms with van der Waals surface area (Å²) in [5.41, 5.74) is 5.20. The molecular formula is C8H14N4O2. The number of hydrogen-bond donors (Lipinski definition) is 1. The molecule has 6 heteroatoms. The summed E-state index contributed by atoms with van der Waals surface area (Å²) >= 11 is 0. The molecule has 14 heavy (non-hydrogen) atoms. The number of nitrogens with zero attached hydrogens (tertiary/aromatic N) is 3. The van der Waals surface area contributed by atoms with Crippen LogP contribution in [0.15, 0.2) is 6.33 Å². The van der Waals surface area contributed by atoms with Gasteiger partial charge in [0, 0.05) is 6.54 Å². The molecule has 0 spiro atoms. The monoisotopic (exact) mass is 198 g/mol. The van der Waals surface area contributed by atoms with Gasteiger partial charge in [-0.1, -0.05) is 0 Å². The van der Waals surface area contributed by atoms with Gasteiger partial charge in [-0.15, -0.1) is 5.10 Å². The van der Waals surface area contributed by atoms with Gasteiger partial charge in [-0.25, -0.2) is 14.5 Å². The molecule has 0 saturated carbocycles. The van der Waals surface area contributed by atoms with Crippen molar-refractivity contribution in [1.29, 1.82) is 0 Å². The topological polar surface area (TPSA) is 83.0 Å². The number of carbonyl (C=O) groups is 1. The van der Waals surface area contributed by atoms with Gasteiger partial charge in [0.1, 0.15) is 6.33 Å². The third-order valence-corrected chi connectivity index (χ3v) is 1.98. The highest BCUT2D eigenvalue weighted by atomic mass is 16.5. The molecule has 0 aliphatic heterocycles. The zero-order chi connectivity index (χ0) is 10.8. The van der Waals surface area contributed by atoms with Crippen LogP contribution in [0.3, 0.4) is 0 Å². The summed E-state index contributed by atoms with van der Waals surface area (Å²) in [5.74, 6) is -0.495. The minimum atomic E-state index is -0.545. The van der Waals surface area contributed by atoms with E-state index in [1.165, 1.54) is 13.4 Å². The molecule has 1 rings (SSSR count). The molecule has 6 nitrogen and oxygen atoms in total. The van der Waals surface area contributed by atoms with E-state index in [9.17, 15) is 4.79 Å². The Bertz CT molecular complexity index is 332. The van der Waals surface area contributed by atoms with Gasteiger partial charge in [-0.2, -0.15) is 0 Å². The highest BCUT2D eigenvalue weighted by Gasteiger charge is 2.21. The van der Waals surface area contributed by atoms with E-state index in [0.29, 0.717) is 6.54 Å². The molecule has 0 aliphatic rings. The summed E-state index contributed by atoms with van der Waals surface area (Å²) in [4.78, 5) is 14.9. The smallest absolute Gasteiger partial charge is 0.377 e. The fraction of sp³-hybridized carbons (Fsp3) is 0.625. The number of methoxy groups -OCH3 is 1. The fourth-order valence-electron chi connectivity index (χ4n) is 0.833. The number of hydrogen-bond acceptors (Lipinski definition) is 5. The highest BCUT2D eigenvalue weighted by Crippen LogP contribution is 2.10. The summed E-state index contributed by atoms with van der Waals surface area (Å²) in [6, 6.07) is 0. The number of ether oxygens (including phenoxy) is 1. The van der Waals surface area contributed by atoms with E-state index in [0.717, 1.165) is 0 Å². The van der Waals surface area contributed by atoms with Crippen molar-refractivity contribution in [2.24, 2.45) is 5.73 Å². The summed E-state index contributed by atoms with van der Waals surface area (Å²) in [5, 5.41) is 3.97. The van der Waals surface area contributed by atoms with Crippen LogP contribution in [-0.4, -0.2) is 34.4 Å². The first-order valence-electron chi connectivity index (χ1n) is 4.22. The number of rotatable bonds is 3. The van der Waals surface area contributed by atoms with Gasteiger partial charge in [0.2, 0.25) is 0 Å². The number of carbonyl (C=O) groups excluding carboxylic acids is 1. The van der Waals surface area contributed by atoms with Gasteiger partial charge in [0.05, 0.1) is 12.6 Å². The van der Waals surface area contributed by atoms with Gasteiger partial charge < -0.3 is 10.5 Å². The molecule has 0 aliphatic carbocycles. The van der Waals surface area contributed by atoms with E-state index < -0.39 is 5.97 Å². The molecule has 1 aromatic heterocycles. The van der Waals surface area contributed by atoms with Gasteiger partial charge >= 0.3 is 5.97 Å². The van der Waals surface area contributed by atoms with Crippen molar-refractivity contribution >= 4 is 5.97 Å². The lowest BCUT2D eigenvalue weighted by Crippen LogP contribution is -2.35. The van der Waals surface area contributed by atoms with Crippen molar-refractivity contribution in [3.8, 4) is 0 Å². The van der Waals surface area contributed by atoms with Crippen molar-refractivity contribution in [2.75, 3.05) is 13.7 Å². The van der Waals surface area contributed by atoms with Crippen LogP contribution in [0.25, 0.3) is 0 Å². The minimum absolute atomic E-state index is 0.0500. The third-order valence-electron chi connectivity index (χ3n) is 1.98. The predicted octanol–water partition coefficient (Wildman–Crippen LogP) is -0.241. The standard InChI is InChI=1S/C8H14N4O2/c1-8(2,4-9)12-5-10-6(11-12)7(13)14-3/h5H,4,9H2,1-3H3. The van der Waals surface area contributed by atoms with Gasteiger partial charge in [-0.05, 0) is 13.8 Å². The van der Waals surface area contributed by atoms with Gasteiger partial charge in [-0.3, -0.25) is 0 Å². The van der Waals surface area contributed by atoms with E-state index >= 15 is 0 Å². The van der Waals surface area contributed by atoms with Crippen LogP contribution in [0.4, 0.5) is 0 Å². The van der Waals surface area contributed by atoms with Crippen LogP contribution in [0.1, 0.15) is 24.5 Å². The van der Waals surface area contributed by atoms with E-state index in [4.69, 9.17) is 5.73 Å². The van der Waals surface area contributed by atoms with E-state index in [2.05, 4.69) is 14.8 Å². The number of aromatic nitrogens is 3. The maximum Gasteiger partial charge on any atom is 0.377 e. The lowest BCUT2D eigenvalue weighted by atomic mass is 10.1. The maximum atomic E-state index is 11.1. The minimum Gasteiger partial charge on any atom is -0.463 e. The van der Waals surface area contributed by atoms with Crippen molar-refractivity contribution in [1.82, 2.24) is 14.8 Å². The lowest BCUT2D eigenvalue weighted by Gasteiger charge is -2.21. The largest absolute Gasteiger partial charge is 0.463 e.